The van der Waals surface area contributed by atoms with Gasteiger partial charge in [-0.25, -0.2) is 0 Å². The van der Waals surface area contributed by atoms with Crippen LogP contribution < -0.4 is 0 Å². The molecule has 0 saturated heterocycles. The van der Waals surface area contributed by atoms with Gasteiger partial charge in [-0.3, -0.25) is 4.79 Å². The Hall–Kier alpha value is -1.08. The van der Waals surface area contributed by atoms with Crippen LogP contribution in [0.1, 0.15) is 15.9 Å². The molecule has 0 amide bonds. The number of benzene rings is 1. The Bertz CT molecular complexity index is 305. The quantitative estimate of drug-likeness (QED) is 0.517. The molecule has 1 aromatic rings. The van der Waals surface area contributed by atoms with Gasteiger partial charge in [-0.15, -0.1) is 6.58 Å². The maximum Gasteiger partial charge on any atom is 0.151 e. The van der Waals surface area contributed by atoms with Gasteiger partial charge in [0, 0.05) is 5.56 Å². The van der Waals surface area contributed by atoms with Crippen LogP contribution >= 0.6 is 11.6 Å². The van der Waals surface area contributed by atoms with E-state index >= 15 is 0 Å². The number of aldehydes is 1. The van der Waals surface area contributed by atoms with Crippen molar-refractivity contribution in [3.05, 3.63) is 47.0 Å². The van der Waals surface area contributed by atoms with E-state index in [-0.39, 0.29) is 0 Å². The van der Waals surface area contributed by atoms with E-state index in [1.54, 1.807) is 12.1 Å². The molecule has 0 aliphatic carbocycles. The zero-order valence-electron chi connectivity index (χ0n) is 6.59. The van der Waals surface area contributed by atoms with Crippen LogP contribution in [0.4, 0.5) is 0 Å². The van der Waals surface area contributed by atoms with E-state index in [0.29, 0.717) is 17.0 Å². The monoisotopic (exact) mass is 180 g/mol. The van der Waals surface area contributed by atoms with Crippen LogP contribution in [0.15, 0.2) is 30.9 Å². The molecule has 62 valence electrons. The molecule has 0 bridgehead atoms. The average molecular weight is 181 g/mol. The molecule has 0 aliphatic rings. The summed E-state index contributed by atoms with van der Waals surface area (Å²) in [4.78, 5) is 10.6. The summed E-state index contributed by atoms with van der Waals surface area (Å²) < 4.78 is 0. The van der Waals surface area contributed by atoms with E-state index in [9.17, 15) is 4.79 Å². The van der Waals surface area contributed by atoms with Crippen molar-refractivity contribution >= 4 is 17.9 Å². The van der Waals surface area contributed by atoms with Crippen molar-refractivity contribution in [1.82, 2.24) is 0 Å². The third kappa shape index (κ3) is 1.74. The molecular weight excluding hydrogens is 172 g/mol. The highest BCUT2D eigenvalue weighted by molar-refractivity contribution is 6.33. The fourth-order valence-electron chi connectivity index (χ4n) is 1.05. The van der Waals surface area contributed by atoms with Gasteiger partial charge >= 0.3 is 0 Å². The van der Waals surface area contributed by atoms with Gasteiger partial charge in [0.15, 0.2) is 6.29 Å². The Labute approximate surface area is 76.7 Å². The van der Waals surface area contributed by atoms with Crippen LogP contribution in [0.5, 0.6) is 0 Å². The number of hydrogen-bond donors (Lipinski definition) is 0. The minimum absolute atomic E-state index is 0.504. The van der Waals surface area contributed by atoms with Crippen LogP contribution in [0.25, 0.3) is 0 Å². The second-order valence-corrected chi connectivity index (χ2v) is 2.83. The summed E-state index contributed by atoms with van der Waals surface area (Å²) in [5.41, 5.74) is 1.49. The fraction of sp³-hybridized carbons (Fsp3) is 0.100. The zero-order valence-corrected chi connectivity index (χ0v) is 7.34. The van der Waals surface area contributed by atoms with Crippen molar-refractivity contribution in [2.75, 3.05) is 0 Å². The van der Waals surface area contributed by atoms with Gasteiger partial charge in [-0.2, -0.15) is 0 Å². The highest BCUT2D eigenvalue weighted by atomic mass is 35.5. The minimum Gasteiger partial charge on any atom is -0.298 e. The van der Waals surface area contributed by atoms with E-state index in [1.807, 2.05) is 12.1 Å². The van der Waals surface area contributed by atoms with E-state index in [0.717, 1.165) is 11.8 Å². The normalized spacial score (nSPS) is 9.42. The van der Waals surface area contributed by atoms with Crippen LogP contribution in [-0.2, 0) is 6.42 Å². The van der Waals surface area contributed by atoms with E-state index in [1.165, 1.54) is 0 Å². The number of carbonyl (C=O) groups is 1. The summed E-state index contributed by atoms with van der Waals surface area (Å²) in [6, 6.07) is 5.41. The first-order valence-corrected chi connectivity index (χ1v) is 4.01. The SMILES string of the molecule is C=CCc1cccc(Cl)c1C=O. The Balaban J connectivity index is 3.17. The molecule has 0 radical (unpaired) electrons. The average Bonchev–Trinajstić information content (AvgIpc) is 2.05. The molecule has 0 heterocycles. The summed E-state index contributed by atoms with van der Waals surface area (Å²) in [5, 5.41) is 0.504. The van der Waals surface area contributed by atoms with Crippen LogP contribution in [-0.4, -0.2) is 6.29 Å². The van der Waals surface area contributed by atoms with Crippen molar-refractivity contribution in [3.63, 3.8) is 0 Å². The van der Waals surface area contributed by atoms with Gasteiger partial charge < -0.3 is 0 Å². The van der Waals surface area contributed by atoms with Crippen molar-refractivity contribution in [3.8, 4) is 0 Å². The van der Waals surface area contributed by atoms with E-state index < -0.39 is 0 Å². The zero-order chi connectivity index (χ0) is 8.97. The molecule has 0 spiro atoms. The lowest BCUT2D eigenvalue weighted by molar-refractivity contribution is 0.112. The first-order chi connectivity index (χ1) is 5.79. The first kappa shape index (κ1) is 9.01. The van der Waals surface area contributed by atoms with Crippen molar-refractivity contribution in [2.24, 2.45) is 0 Å². The highest BCUT2D eigenvalue weighted by Gasteiger charge is 2.03. The summed E-state index contributed by atoms with van der Waals surface area (Å²) >= 11 is 5.80. The maximum atomic E-state index is 10.6. The van der Waals surface area contributed by atoms with Gasteiger partial charge in [-0.1, -0.05) is 29.8 Å². The molecule has 0 atom stereocenters. The molecule has 0 saturated carbocycles. The Morgan fingerprint density at radius 2 is 2.25 bits per heavy atom. The van der Waals surface area contributed by atoms with Gasteiger partial charge in [0.2, 0.25) is 0 Å². The molecule has 0 N–H and O–H groups in total. The topological polar surface area (TPSA) is 17.1 Å². The third-order valence-electron chi connectivity index (χ3n) is 1.63. The molecular formula is C10H9ClO. The second-order valence-electron chi connectivity index (χ2n) is 2.42. The lowest BCUT2D eigenvalue weighted by Crippen LogP contribution is -1.91. The molecule has 0 unspecified atom stereocenters. The van der Waals surface area contributed by atoms with Gasteiger partial charge in [0.05, 0.1) is 5.02 Å². The maximum absolute atomic E-state index is 10.6. The lowest BCUT2D eigenvalue weighted by Gasteiger charge is -2.02. The van der Waals surface area contributed by atoms with Crippen LogP contribution in [0.2, 0.25) is 5.02 Å². The molecule has 12 heavy (non-hydrogen) atoms. The van der Waals surface area contributed by atoms with Gasteiger partial charge in [-0.05, 0) is 18.1 Å². The Morgan fingerprint density at radius 3 is 2.83 bits per heavy atom. The molecule has 0 aromatic heterocycles. The summed E-state index contributed by atoms with van der Waals surface area (Å²) in [5.74, 6) is 0. The standard InChI is InChI=1S/C10H9ClO/c1-2-4-8-5-3-6-10(11)9(8)7-12/h2-3,5-7H,1,4H2. The number of rotatable bonds is 3. The number of allylic oxidation sites excluding steroid dienone is 1. The molecule has 0 aliphatic heterocycles. The predicted molar refractivity (Wildman–Crippen MR) is 50.7 cm³/mol. The third-order valence-corrected chi connectivity index (χ3v) is 1.95. The summed E-state index contributed by atoms with van der Waals surface area (Å²) in [6.45, 7) is 3.60. The van der Waals surface area contributed by atoms with Crippen molar-refractivity contribution in [1.29, 1.82) is 0 Å². The molecule has 1 rings (SSSR count). The number of hydrogen-bond acceptors (Lipinski definition) is 1. The van der Waals surface area contributed by atoms with Gasteiger partial charge in [0.25, 0.3) is 0 Å². The fourth-order valence-corrected chi connectivity index (χ4v) is 1.29. The highest BCUT2D eigenvalue weighted by Crippen LogP contribution is 2.18. The largest absolute Gasteiger partial charge is 0.298 e. The predicted octanol–water partition coefficient (Wildman–Crippen LogP) is 2.88. The van der Waals surface area contributed by atoms with E-state index in [2.05, 4.69) is 6.58 Å². The molecule has 0 fully saturated rings. The lowest BCUT2D eigenvalue weighted by atomic mass is 10.1. The Kier molecular flexibility index (Phi) is 3.06. The smallest absolute Gasteiger partial charge is 0.151 e. The molecule has 2 heteroatoms. The van der Waals surface area contributed by atoms with Crippen molar-refractivity contribution < 1.29 is 4.79 Å². The number of carbonyl (C=O) groups excluding carboxylic acids is 1. The molecule has 1 nitrogen and oxygen atoms in total. The van der Waals surface area contributed by atoms with Gasteiger partial charge in [0.1, 0.15) is 0 Å². The van der Waals surface area contributed by atoms with Crippen molar-refractivity contribution in [2.45, 2.75) is 6.42 Å². The summed E-state index contributed by atoms with van der Waals surface area (Å²) in [7, 11) is 0. The van der Waals surface area contributed by atoms with Crippen LogP contribution in [0.3, 0.4) is 0 Å². The van der Waals surface area contributed by atoms with Crippen LogP contribution in [0, 0.1) is 0 Å². The summed E-state index contributed by atoms with van der Waals surface area (Å²) in [6.07, 6.45) is 3.20. The Morgan fingerprint density at radius 1 is 1.50 bits per heavy atom. The second kappa shape index (κ2) is 4.07. The number of halogens is 1. The van der Waals surface area contributed by atoms with E-state index in [4.69, 9.17) is 11.6 Å². The first-order valence-electron chi connectivity index (χ1n) is 3.63. The minimum atomic E-state index is 0.504. The molecule has 1 aromatic carbocycles.